The molecule has 0 saturated carbocycles. The minimum absolute atomic E-state index is 0.603. The molecule has 0 aromatic carbocycles. The molecule has 0 bridgehead atoms. The van der Waals surface area contributed by atoms with Crippen molar-refractivity contribution in [2.45, 2.75) is 31.9 Å². The van der Waals surface area contributed by atoms with Gasteiger partial charge in [0.2, 0.25) is 0 Å². The molecule has 1 atom stereocenters. The Kier molecular flexibility index (Phi) is 7.58. The van der Waals surface area contributed by atoms with E-state index in [4.69, 9.17) is 10.8 Å². The van der Waals surface area contributed by atoms with Gasteiger partial charge < -0.3 is 10.8 Å². The van der Waals surface area contributed by atoms with E-state index < -0.39 is 6.23 Å². The molecule has 0 saturated heterocycles. The second-order valence-electron chi connectivity index (χ2n) is 2.41. The van der Waals surface area contributed by atoms with E-state index in [1.807, 2.05) is 11.8 Å². The maximum atomic E-state index is 8.68. The second-order valence-corrected chi connectivity index (χ2v) is 3.40. The number of aliphatic hydroxyl groups is 1. The zero-order chi connectivity index (χ0) is 7.82. The van der Waals surface area contributed by atoms with Crippen molar-refractivity contribution in [3.63, 3.8) is 0 Å². The fourth-order valence-corrected chi connectivity index (χ4v) is 1.27. The van der Waals surface area contributed by atoms with Crippen LogP contribution in [0.1, 0.15) is 25.7 Å². The molecule has 3 N–H and O–H groups in total. The summed E-state index contributed by atoms with van der Waals surface area (Å²) in [5.41, 5.74) is 5.16. The SMILES string of the molecule is CSCCCCCC(N)O. The summed E-state index contributed by atoms with van der Waals surface area (Å²) in [6.45, 7) is 0. The Morgan fingerprint density at radius 2 is 2.10 bits per heavy atom. The molecule has 0 rings (SSSR count). The van der Waals surface area contributed by atoms with E-state index in [2.05, 4.69) is 6.26 Å². The normalized spacial score (nSPS) is 13.5. The van der Waals surface area contributed by atoms with Crippen LogP contribution in [0.4, 0.5) is 0 Å². The largest absolute Gasteiger partial charge is 0.379 e. The van der Waals surface area contributed by atoms with Crippen molar-refractivity contribution in [3.05, 3.63) is 0 Å². The van der Waals surface area contributed by atoms with Crippen LogP contribution in [0.15, 0.2) is 0 Å². The van der Waals surface area contributed by atoms with Gasteiger partial charge in [0, 0.05) is 0 Å². The van der Waals surface area contributed by atoms with Gasteiger partial charge in [0.1, 0.15) is 6.23 Å². The molecule has 0 aromatic heterocycles. The van der Waals surface area contributed by atoms with Crippen molar-refractivity contribution >= 4 is 11.8 Å². The monoisotopic (exact) mass is 163 g/mol. The highest BCUT2D eigenvalue weighted by Crippen LogP contribution is 2.04. The van der Waals surface area contributed by atoms with Crippen molar-refractivity contribution in [1.82, 2.24) is 0 Å². The third-order valence-corrected chi connectivity index (χ3v) is 2.05. The molecular weight excluding hydrogens is 146 g/mol. The summed E-state index contributed by atoms with van der Waals surface area (Å²) in [4.78, 5) is 0. The molecule has 0 radical (unpaired) electrons. The lowest BCUT2D eigenvalue weighted by atomic mass is 10.2. The predicted molar refractivity (Wildman–Crippen MR) is 47.0 cm³/mol. The number of nitrogens with two attached hydrogens (primary N) is 1. The van der Waals surface area contributed by atoms with E-state index in [1.165, 1.54) is 18.6 Å². The summed E-state index contributed by atoms with van der Waals surface area (Å²) in [6, 6.07) is 0. The van der Waals surface area contributed by atoms with Gasteiger partial charge in [-0.3, -0.25) is 0 Å². The van der Waals surface area contributed by atoms with E-state index >= 15 is 0 Å². The quantitative estimate of drug-likeness (QED) is 0.456. The first-order chi connectivity index (χ1) is 4.77. The molecular formula is C7H17NOS. The van der Waals surface area contributed by atoms with E-state index in [1.54, 1.807) is 0 Å². The fourth-order valence-electron chi connectivity index (χ4n) is 0.777. The molecule has 0 aliphatic heterocycles. The van der Waals surface area contributed by atoms with E-state index in [-0.39, 0.29) is 0 Å². The highest BCUT2D eigenvalue weighted by molar-refractivity contribution is 7.98. The Morgan fingerprint density at radius 1 is 1.40 bits per heavy atom. The van der Waals surface area contributed by atoms with E-state index in [0.717, 1.165) is 12.8 Å². The predicted octanol–water partition coefficient (Wildman–Crippen LogP) is 1.19. The molecule has 0 amide bonds. The summed E-state index contributed by atoms with van der Waals surface area (Å²) in [5.74, 6) is 1.22. The molecule has 0 aliphatic rings. The second kappa shape index (κ2) is 7.38. The van der Waals surface area contributed by atoms with Crippen LogP contribution < -0.4 is 5.73 Å². The van der Waals surface area contributed by atoms with Gasteiger partial charge in [0.25, 0.3) is 0 Å². The summed E-state index contributed by atoms with van der Waals surface area (Å²) < 4.78 is 0. The molecule has 0 aliphatic carbocycles. The third-order valence-electron chi connectivity index (χ3n) is 1.35. The summed E-state index contributed by atoms with van der Waals surface area (Å²) in [6.07, 6.45) is 5.74. The minimum atomic E-state index is -0.603. The van der Waals surface area contributed by atoms with Gasteiger partial charge in [0.05, 0.1) is 0 Å². The standard InChI is InChI=1S/C7H17NOS/c1-10-6-4-2-3-5-7(8)9/h7,9H,2-6,8H2,1H3. The van der Waals surface area contributed by atoms with Gasteiger partial charge in [-0.1, -0.05) is 6.42 Å². The molecule has 2 nitrogen and oxygen atoms in total. The van der Waals surface area contributed by atoms with Gasteiger partial charge in [-0.2, -0.15) is 11.8 Å². The summed E-state index contributed by atoms with van der Waals surface area (Å²) in [5, 5.41) is 8.68. The van der Waals surface area contributed by atoms with Crippen molar-refractivity contribution < 1.29 is 5.11 Å². The van der Waals surface area contributed by atoms with Crippen LogP contribution in [0.25, 0.3) is 0 Å². The Balaban J connectivity index is 2.77. The Bertz CT molecular complexity index is 68.6. The first-order valence-corrected chi connectivity index (χ1v) is 5.09. The smallest absolute Gasteiger partial charge is 0.102 e. The van der Waals surface area contributed by atoms with Crippen molar-refractivity contribution in [2.75, 3.05) is 12.0 Å². The van der Waals surface area contributed by atoms with Crippen molar-refractivity contribution in [1.29, 1.82) is 0 Å². The van der Waals surface area contributed by atoms with Gasteiger partial charge >= 0.3 is 0 Å². The first-order valence-electron chi connectivity index (χ1n) is 3.70. The molecule has 3 heteroatoms. The zero-order valence-corrected chi connectivity index (χ0v) is 7.36. The number of hydrogen-bond donors (Lipinski definition) is 2. The Morgan fingerprint density at radius 3 is 2.60 bits per heavy atom. The summed E-state index contributed by atoms with van der Waals surface area (Å²) >= 11 is 1.87. The number of unbranched alkanes of at least 4 members (excludes halogenated alkanes) is 2. The van der Waals surface area contributed by atoms with Crippen LogP contribution in [0.2, 0.25) is 0 Å². The molecule has 10 heavy (non-hydrogen) atoms. The third kappa shape index (κ3) is 8.27. The van der Waals surface area contributed by atoms with Crippen LogP contribution in [0.3, 0.4) is 0 Å². The maximum absolute atomic E-state index is 8.68. The lowest BCUT2D eigenvalue weighted by Gasteiger charge is -2.02. The van der Waals surface area contributed by atoms with Gasteiger partial charge in [-0.25, -0.2) is 0 Å². The molecule has 0 fully saturated rings. The van der Waals surface area contributed by atoms with Gasteiger partial charge in [-0.15, -0.1) is 0 Å². The highest BCUT2D eigenvalue weighted by Gasteiger charge is 1.94. The fraction of sp³-hybridized carbons (Fsp3) is 1.00. The Labute approximate surface area is 67.2 Å². The average molecular weight is 163 g/mol. The lowest BCUT2D eigenvalue weighted by molar-refractivity contribution is 0.168. The van der Waals surface area contributed by atoms with Crippen LogP contribution in [0.5, 0.6) is 0 Å². The molecule has 1 unspecified atom stereocenters. The highest BCUT2D eigenvalue weighted by atomic mass is 32.2. The lowest BCUT2D eigenvalue weighted by Crippen LogP contribution is -2.17. The van der Waals surface area contributed by atoms with Crippen LogP contribution in [-0.2, 0) is 0 Å². The molecule has 0 spiro atoms. The summed E-state index contributed by atoms with van der Waals surface area (Å²) in [7, 11) is 0. The van der Waals surface area contributed by atoms with E-state index in [9.17, 15) is 0 Å². The topological polar surface area (TPSA) is 46.2 Å². The number of thioether (sulfide) groups is 1. The molecule has 62 valence electrons. The van der Waals surface area contributed by atoms with Crippen molar-refractivity contribution in [3.8, 4) is 0 Å². The average Bonchev–Trinajstić information content (AvgIpc) is 1.87. The van der Waals surface area contributed by atoms with Crippen LogP contribution >= 0.6 is 11.8 Å². The first kappa shape index (κ1) is 10.3. The van der Waals surface area contributed by atoms with Gasteiger partial charge in [-0.05, 0) is 31.3 Å². The molecule has 0 heterocycles. The number of rotatable bonds is 6. The minimum Gasteiger partial charge on any atom is -0.379 e. The zero-order valence-electron chi connectivity index (χ0n) is 6.55. The Hall–Kier alpha value is 0.270. The number of hydrogen-bond acceptors (Lipinski definition) is 3. The van der Waals surface area contributed by atoms with E-state index in [0.29, 0.717) is 0 Å². The van der Waals surface area contributed by atoms with Crippen molar-refractivity contribution in [2.24, 2.45) is 5.73 Å². The van der Waals surface area contributed by atoms with Crippen LogP contribution in [-0.4, -0.2) is 23.3 Å². The van der Waals surface area contributed by atoms with Crippen LogP contribution in [0, 0.1) is 0 Å². The van der Waals surface area contributed by atoms with Gasteiger partial charge in [0.15, 0.2) is 0 Å². The molecule has 0 aromatic rings. The maximum Gasteiger partial charge on any atom is 0.102 e. The number of aliphatic hydroxyl groups excluding tert-OH is 1.